The Bertz CT molecular complexity index is 902. The summed E-state index contributed by atoms with van der Waals surface area (Å²) >= 11 is 0. The first-order chi connectivity index (χ1) is 13.6. The number of hydrogen-bond acceptors (Lipinski definition) is 4. The van der Waals surface area contributed by atoms with E-state index in [4.69, 9.17) is 0 Å². The summed E-state index contributed by atoms with van der Waals surface area (Å²) < 4.78 is 65.5. The van der Waals surface area contributed by atoms with Crippen LogP contribution in [-0.2, 0) is 32.6 Å². The number of carbonyl (C=O) groups excluding carboxylic acids is 2. The summed E-state index contributed by atoms with van der Waals surface area (Å²) in [5.74, 6) is -1.86. The summed E-state index contributed by atoms with van der Waals surface area (Å²) in [7, 11) is -3.85. The molecule has 0 aromatic heterocycles. The third kappa shape index (κ3) is 5.08. The van der Waals surface area contributed by atoms with Gasteiger partial charge in [-0.25, -0.2) is 13.1 Å². The Morgan fingerprint density at radius 2 is 1.90 bits per heavy atom. The highest BCUT2D eigenvalue weighted by Gasteiger charge is 2.43. The molecule has 2 heterocycles. The molecule has 1 N–H and O–H groups in total. The Hall–Kier alpha value is -2.14. The number of hydrogen-bond donors (Lipinski definition) is 1. The van der Waals surface area contributed by atoms with Crippen LogP contribution in [-0.4, -0.2) is 62.4 Å². The molecule has 0 saturated carbocycles. The van der Waals surface area contributed by atoms with E-state index < -0.39 is 22.1 Å². The third-order valence-corrected chi connectivity index (χ3v) is 6.56. The molecule has 1 saturated heterocycles. The van der Waals surface area contributed by atoms with E-state index in [0.717, 1.165) is 12.0 Å². The van der Waals surface area contributed by atoms with Crippen molar-refractivity contribution < 1.29 is 31.2 Å². The van der Waals surface area contributed by atoms with Crippen LogP contribution < -0.4 is 4.72 Å². The number of rotatable bonds is 6. The van der Waals surface area contributed by atoms with E-state index in [0.29, 0.717) is 36.4 Å². The number of likely N-dealkylation sites (tertiary alicyclic amines) is 1. The number of carbonyl (C=O) groups is 2. The smallest absolute Gasteiger partial charge is 0.343 e. The molecule has 2 aliphatic rings. The number of sulfonamides is 1. The zero-order valence-corrected chi connectivity index (χ0v) is 16.5. The van der Waals surface area contributed by atoms with Gasteiger partial charge >= 0.3 is 12.1 Å². The van der Waals surface area contributed by atoms with Crippen LogP contribution in [0.2, 0.25) is 0 Å². The molecule has 29 heavy (non-hydrogen) atoms. The van der Waals surface area contributed by atoms with Gasteiger partial charge in [-0.1, -0.05) is 6.07 Å². The monoisotopic (exact) mass is 433 g/mol. The lowest BCUT2D eigenvalue weighted by Crippen LogP contribution is -2.43. The molecule has 0 unspecified atom stereocenters. The Balaban J connectivity index is 1.62. The Morgan fingerprint density at radius 3 is 2.55 bits per heavy atom. The number of amides is 2. The fourth-order valence-electron chi connectivity index (χ4n) is 3.55. The number of nitrogens with zero attached hydrogens (tertiary/aromatic N) is 2. The molecule has 11 heteroatoms. The fourth-order valence-corrected chi connectivity index (χ4v) is 4.68. The first-order valence-electron chi connectivity index (χ1n) is 9.33. The van der Waals surface area contributed by atoms with E-state index in [1.807, 2.05) is 0 Å². The lowest BCUT2D eigenvalue weighted by atomic mass is 10.00. The average molecular weight is 433 g/mol. The highest BCUT2D eigenvalue weighted by Crippen LogP contribution is 2.26. The molecule has 3 rings (SSSR count). The van der Waals surface area contributed by atoms with Crippen molar-refractivity contribution in [2.45, 2.75) is 43.3 Å². The van der Waals surface area contributed by atoms with Crippen LogP contribution in [0.5, 0.6) is 0 Å². The maximum atomic E-state index is 12.7. The zero-order valence-electron chi connectivity index (χ0n) is 15.7. The summed E-state index contributed by atoms with van der Waals surface area (Å²) in [6.45, 7) is 0.949. The molecule has 0 radical (unpaired) electrons. The van der Waals surface area contributed by atoms with Gasteiger partial charge in [0.25, 0.3) is 0 Å². The molecule has 2 aliphatic heterocycles. The van der Waals surface area contributed by atoms with Gasteiger partial charge in [0.05, 0.1) is 4.90 Å². The van der Waals surface area contributed by atoms with Gasteiger partial charge in [-0.3, -0.25) is 9.59 Å². The van der Waals surface area contributed by atoms with Crippen LogP contribution in [0.3, 0.4) is 0 Å². The highest BCUT2D eigenvalue weighted by molar-refractivity contribution is 7.89. The SMILES string of the molecule is O=C1CCCN1CCCNS(=O)(=O)c1ccc2c(c1)CN(C(=O)C(F)(F)F)CC2. The Morgan fingerprint density at radius 1 is 1.14 bits per heavy atom. The molecule has 1 aromatic rings. The van der Waals surface area contributed by atoms with Gasteiger partial charge in [-0.15, -0.1) is 0 Å². The third-order valence-electron chi connectivity index (χ3n) is 5.10. The molecule has 0 atom stereocenters. The van der Waals surface area contributed by atoms with Crippen LogP contribution in [0, 0.1) is 0 Å². The van der Waals surface area contributed by atoms with Crippen LogP contribution in [0.1, 0.15) is 30.4 Å². The van der Waals surface area contributed by atoms with Crippen LogP contribution >= 0.6 is 0 Å². The molecule has 160 valence electrons. The number of alkyl halides is 3. The first kappa shape index (κ1) is 21.6. The lowest BCUT2D eigenvalue weighted by molar-refractivity contribution is -0.186. The summed E-state index contributed by atoms with van der Waals surface area (Å²) in [4.78, 5) is 25.3. The maximum Gasteiger partial charge on any atom is 0.471 e. The van der Waals surface area contributed by atoms with Crippen molar-refractivity contribution in [2.75, 3.05) is 26.2 Å². The first-order valence-corrected chi connectivity index (χ1v) is 10.8. The standard InChI is InChI=1S/C18H22F3N3O4S/c19-18(20,21)17(26)24-10-6-13-4-5-15(11-14(13)12-24)29(27,28)22-7-2-9-23-8-1-3-16(23)25/h4-5,11,22H,1-3,6-10,12H2. The van der Waals surface area contributed by atoms with E-state index in [9.17, 15) is 31.2 Å². The van der Waals surface area contributed by atoms with Crippen molar-refractivity contribution in [1.82, 2.24) is 14.5 Å². The number of fused-ring (bicyclic) bond motifs is 1. The minimum atomic E-state index is -4.96. The maximum absolute atomic E-state index is 12.7. The molecule has 2 amide bonds. The molecular weight excluding hydrogens is 411 g/mol. The van der Waals surface area contributed by atoms with Crippen LogP contribution in [0.25, 0.3) is 0 Å². The van der Waals surface area contributed by atoms with Crippen LogP contribution in [0.15, 0.2) is 23.1 Å². The van der Waals surface area contributed by atoms with Gasteiger partial charge in [-0.05, 0) is 42.5 Å². The highest BCUT2D eigenvalue weighted by atomic mass is 32.2. The lowest BCUT2D eigenvalue weighted by Gasteiger charge is -2.29. The summed E-state index contributed by atoms with van der Waals surface area (Å²) in [5, 5.41) is 0. The second kappa shape index (κ2) is 8.31. The topological polar surface area (TPSA) is 86.8 Å². The molecular formula is C18H22F3N3O4S. The van der Waals surface area contributed by atoms with Gasteiger partial charge < -0.3 is 9.80 Å². The molecule has 1 fully saturated rings. The van der Waals surface area contributed by atoms with Gasteiger partial charge in [0, 0.05) is 39.1 Å². The molecule has 7 nitrogen and oxygen atoms in total. The van der Waals surface area contributed by atoms with E-state index in [1.54, 1.807) is 11.0 Å². The summed E-state index contributed by atoms with van der Waals surface area (Å²) in [5.41, 5.74) is 1.11. The van der Waals surface area contributed by atoms with Crippen molar-refractivity contribution in [1.29, 1.82) is 0 Å². The number of nitrogens with one attached hydrogen (secondary N) is 1. The normalized spacial score (nSPS) is 17.6. The Labute approximate surface area is 166 Å². The molecule has 1 aromatic carbocycles. The second-order valence-electron chi connectivity index (χ2n) is 7.14. The van der Waals surface area contributed by atoms with Gasteiger partial charge in [0.1, 0.15) is 0 Å². The van der Waals surface area contributed by atoms with Gasteiger partial charge in [0.2, 0.25) is 15.9 Å². The van der Waals surface area contributed by atoms with E-state index >= 15 is 0 Å². The molecule has 0 bridgehead atoms. The van der Waals surface area contributed by atoms with E-state index in [2.05, 4.69) is 4.72 Å². The minimum Gasteiger partial charge on any atom is -0.343 e. The number of benzene rings is 1. The predicted octanol–water partition coefficient (Wildman–Crippen LogP) is 1.42. The summed E-state index contributed by atoms with van der Waals surface area (Å²) in [6.07, 6.45) is -2.93. The second-order valence-corrected chi connectivity index (χ2v) is 8.91. The van der Waals surface area contributed by atoms with Crippen molar-refractivity contribution in [3.8, 4) is 0 Å². The quantitative estimate of drug-likeness (QED) is 0.688. The van der Waals surface area contributed by atoms with Gasteiger partial charge in [-0.2, -0.15) is 13.2 Å². The van der Waals surface area contributed by atoms with Crippen molar-refractivity contribution in [3.05, 3.63) is 29.3 Å². The summed E-state index contributed by atoms with van der Waals surface area (Å²) in [6, 6.07) is 4.30. The van der Waals surface area contributed by atoms with Crippen molar-refractivity contribution in [3.63, 3.8) is 0 Å². The predicted molar refractivity (Wildman–Crippen MR) is 97.2 cm³/mol. The largest absolute Gasteiger partial charge is 0.471 e. The van der Waals surface area contributed by atoms with Gasteiger partial charge in [0.15, 0.2) is 0 Å². The fraction of sp³-hybridized carbons (Fsp3) is 0.556. The minimum absolute atomic E-state index is 0.0604. The zero-order chi connectivity index (χ0) is 21.2. The van der Waals surface area contributed by atoms with E-state index in [1.165, 1.54) is 12.1 Å². The van der Waals surface area contributed by atoms with Crippen molar-refractivity contribution >= 4 is 21.8 Å². The molecule has 0 aliphatic carbocycles. The average Bonchev–Trinajstić information content (AvgIpc) is 3.08. The Kier molecular flexibility index (Phi) is 6.18. The number of halogens is 3. The van der Waals surface area contributed by atoms with E-state index in [-0.39, 0.29) is 36.9 Å². The van der Waals surface area contributed by atoms with Crippen LogP contribution in [0.4, 0.5) is 13.2 Å². The molecule has 0 spiro atoms. The van der Waals surface area contributed by atoms with Crippen molar-refractivity contribution in [2.24, 2.45) is 0 Å².